The Morgan fingerprint density at radius 1 is 0.333 bits per heavy atom. The fourth-order valence-electron chi connectivity index (χ4n) is 11.7. The number of ketones is 4. The van der Waals surface area contributed by atoms with Crippen LogP contribution in [0.2, 0.25) is 0 Å². The first kappa shape index (κ1) is 45.1. The second-order valence-electron chi connectivity index (χ2n) is 19.3. The van der Waals surface area contributed by atoms with Gasteiger partial charge in [0.05, 0.1) is 16.9 Å². The molecule has 0 saturated heterocycles. The number of benzene rings is 10. The van der Waals surface area contributed by atoms with Gasteiger partial charge < -0.3 is 9.80 Å². The number of rotatable bonds is 11. The lowest BCUT2D eigenvalue weighted by Crippen LogP contribution is -2.28. The van der Waals surface area contributed by atoms with E-state index in [-0.39, 0.29) is 28.7 Å². The molecule has 10 aromatic carbocycles. The van der Waals surface area contributed by atoms with Gasteiger partial charge in [-0.25, -0.2) is 0 Å². The van der Waals surface area contributed by atoms with Crippen molar-refractivity contribution >= 4 is 63.3 Å². The third-order valence-electron chi connectivity index (χ3n) is 15.2. The van der Waals surface area contributed by atoms with E-state index in [9.17, 15) is 19.2 Å². The van der Waals surface area contributed by atoms with Crippen LogP contribution in [0.4, 0.5) is 34.1 Å². The van der Waals surface area contributed by atoms with Gasteiger partial charge in [-0.05, 0) is 130 Å². The molecule has 10 aromatic rings. The van der Waals surface area contributed by atoms with Gasteiger partial charge >= 0.3 is 0 Å². The summed E-state index contributed by atoms with van der Waals surface area (Å²) < 4.78 is 0. The van der Waals surface area contributed by atoms with Crippen LogP contribution in [0.25, 0.3) is 17.2 Å². The van der Waals surface area contributed by atoms with Gasteiger partial charge in [-0.3, -0.25) is 19.2 Å². The van der Waals surface area contributed by atoms with Gasteiger partial charge in [0.25, 0.3) is 0 Å². The summed E-state index contributed by atoms with van der Waals surface area (Å²) in [7, 11) is 0. The number of anilines is 6. The molecule has 0 unspecified atom stereocenters. The van der Waals surface area contributed by atoms with Crippen LogP contribution in [0.15, 0.2) is 260 Å². The van der Waals surface area contributed by atoms with E-state index in [2.05, 4.69) is 143 Å². The van der Waals surface area contributed by atoms with E-state index in [1.807, 2.05) is 84.9 Å². The maximum absolute atomic E-state index is 13.3. The Labute approximate surface area is 435 Å². The summed E-state index contributed by atoms with van der Waals surface area (Å²) in [4.78, 5) is 57.6. The molecule has 0 saturated carbocycles. The normalized spacial score (nSPS) is 14.1. The maximum Gasteiger partial charge on any atom is 0.197 e. The monoisotopic (exact) mass is 966 g/mol. The summed E-state index contributed by atoms with van der Waals surface area (Å²) in [5, 5.41) is 0. The Bertz CT molecular complexity index is 3800. The van der Waals surface area contributed by atoms with Gasteiger partial charge in [-0.15, -0.1) is 0 Å². The summed E-state index contributed by atoms with van der Waals surface area (Å²) in [5.74, 6) is -1.42. The molecule has 0 bridgehead atoms. The van der Waals surface area contributed by atoms with Crippen LogP contribution in [0, 0.1) is 5.92 Å². The molecule has 3 aliphatic carbocycles. The molecular weight excluding hydrogens is 921 g/mol. The Morgan fingerprint density at radius 3 is 1.09 bits per heavy atom. The average Bonchev–Trinajstić information content (AvgIpc) is 4.02. The lowest BCUT2D eigenvalue weighted by molar-refractivity contribution is 0.0836. The highest BCUT2D eigenvalue weighted by atomic mass is 16.2. The number of nitrogens with zero attached hydrogens (tertiary/aromatic N) is 2. The second-order valence-corrected chi connectivity index (χ2v) is 19.3. The van der Waals surface area contributed by atoms with Gasteiger partial charge in [0.15, 0.2) is 23.1 Å². The van der Waals surface area contributed by atoms with Crippen molar-refractivity contribution in [3.8, 4) is 11.1 Å². The van der Waals surface area contributed by atoms with Crippen LogP contribution in [-0.4, -0.2) is 23.1 Å². The number of fused-ring (bicyclic) bond motifs is 5. The number of Topliss-reactive ketones (excluding diaryl/α,β-unsaturated/α-hetero) is 4. The average molecular weight is 967 g/mol. The number of hydrogen-bond acceptors (Lipinski definition) is 6. The quantitative estimate of drug-likeness (QED) is 0.0730. The fraction of sp³-hybridized carbons (Fsp3) is 0.0435. The minimum absolute atomic E-state index is 0.107. The molecule has 6 heteroatoms. The first-order chi connectivity index (χ1) is 36.9. The van der Waals surface area contributed by atoms with Gasteiger partial charge in [0.1, 0.15) is 0 Å². The SMILES string of the molecule is O=C1C(=Cc2ccc(N(c3ccccc3)c3ccc(C4(c5ccc(N(c6ccccc6)c6ccc(CC7C(=O)c8ccccc8C7=O)cc6)cc5)c5ccccc5-c5ccccc54)cc3)cc2)C(=O)c2ccccc21. The molecule has 0 amide bonds. The Hall–Kier alpha value is -9.78. The second kappa shape index (κ2) is 18.4. The van der Waals surface area contributed by atoms with Crippen molar-refractivity contribution in [2.24, 2.45) is 5.92 Å². The molecule has 0 N–H and O–H groups in total. The number of carbonyl (C=O) groups is 4. The molecule has 6 nitrogen and oxygen atoms in total. The van der Waals surface area contributed by atoms with Gasteiger partial charge in [-0.1, -0.05) is 182 Å². The van der Waals surface area contributed by atoms with Crippen molar-refractivity contribution in [2.75, 3.05) is 9.80 Å². The highest BCUT2D eigenvalue weighted by molar-refractivity contribution is 6.41. The van der Waals surface area contributed by atoms with E-state index < -0.39 is 11.3 Å². The molecule has 356 valence electrons. The first-order valence-electron chi connectivity index (χ1n) is 25.2. The van der Waals surface area contributed by atoms with Gasteiger partial charge in [-0.2, -0.15) is 0 Å². The molecule has 13 rings (SSSR count). The first-order valence-corrected chi connectivity index (χ1v) is 25.2. The van der Waals surface area contributed by atoms with Crippen LogP contribution in [0.5, 0.6) is 0 Å². The molecule has 0 heterocycles. The molecule has 3 aliphatic rings. The predicted molar refractivity (Wildman–Crippen MR) is 298 cm³/mol. The Morgan fingerprint density at radius 2 is 0.667 bits per heavy atom. The van der Waals surface area contributed by atoms with Crippen LogP contribution in [-0.2, 0) is 11.8 Å². The van der Waals surface area contributed by atoms with Crippen molar-refractivity contribution in [2.45, 2.75) is 11.8 Å². The summed E-state index contributed by atoms with van der Waals surface area (Å²) in [5.41, 5.74) is 16.0. The molecular formula is C69H46N2O4. The predicted octanol–water partition coefficient (Wildman–Crippen LogP) is 15.7. The standard InChI is InChI=1S/C69H46N2O4/c72-65-57-21-7-8-22-58(57)66(73)61(65)43-45-27-35-51(36-28-45)70(49-15-3-1-4-16-49)53-39-31-47(32-40-53)69(63-25-13-11-19-55(63)56-20-12-14-26-64(56)69)48-33-41-54(42-34-48)71(50-17-5-2-6-18-50)52-37-29-46(30-38-52)44-62-67(74)59-23-9-10-24-60(59)68(62)75/h1-43,62H,44H2. The van der Waals surface area contributed by atoms with Crippen LogP contribution < -0.4 is 9.80 Å². The van der Waals surface area contributed by atoms with Crippen molar-refractivity contribution in [3.63, 3.8) is 0 Å². The van der Waals surface area contributed by atoms with Crippen molar-refractivity contribution in [1.29, 1.82) is 0 Å². The van der Waals surface area contributed by atoms with Crippen LogP contribution in [0.1, 0.15) is 74.8 Å². The molecule has 0 atom stereocenters. The molecule has 0 spiro atoms. The Kier molecular flexibility index (Phi) is 11.0. The van der Waals surface area contributed by atoms with Gasteiger partial charge in [0, 0.05) is 56.4 Å². The van der Waals surface area contributed by atoms with Crippen molar-refractivity contribution in [3.05, 3.63) is 316 Å². The lowest BCUT2D eigenvalue weighted by atomic mass is 9.67. The zero-order valence-corrected chi connectivity index (χ0v) is 40.6. The zero-order chi connectivity index (χ0) is 50.6. The number of para-hydroxylation sites is 2. The minimum Gasteiger partial charge on any atom is -0.311 e. The molecule has 75 heavy (non-hydrogen) atoms. The van der Waals surface area contributed by atoms with E-state index in [1.54, 1.807) is 42.5 Å². The topological polar surface area (TPSA) is 74.8 Å². The van der Waals surface area contributed by atoms with Crippen molar-refractivity contribution in [1.82, 2.24) is 0 Å². The summed E-state index contributed by atoms with van der Waals surface area (Å²) in [6.45, 7) is 0. The highest BCUT2D eigenvalue weighted by Gasteiger charge is 2.46. The number of carbonyl (C=O) groups excluding carboxylic acids is 4. The fourth-order valence-corrected chi connectivity index (χ4v) is 11.7. The lowest BCUT2D eigenvalue weighted by Gasteiger charge is -2.35. The van der Waals surface area contributed by atoms with E-state index >= 15 is 0 Å². The summed E-state index contributed by atoms with van der Waals surface area (Å²) in [6, 6.07) is 86.2. The smallest absolute Gasteiger partial charge is 0.197 e. The van der Waals surface area contributed by atoms with E-state index in [4.69, 9.17) is 0 Å². The molecule has 0 fully saturated rings. The number of hydrogen-bond donors (Lipinski definition) is 0. The minimum atomic E-state index is -0.713. The zero-order valence-electron chi connectivity index (χ0n) is 40.6. The summed E-state index contributed by atoms with van der Waals surface area (Å²) in [6.07, 6.45) is 2.04. The third-order valence-corrected chi connectivity index (χ3v) is 15.2. The highest BCUT2D eigenvalue weighted by Crippen LogP contribution is 2.56. The summed E-state index contributed by atoms with van der Waals surface area (Å²) >= 11 is 0. The van der Waals surface area contributed by atoms with Crippen LogP contribution in [0.3, 0.4) is 0 Å². The van der Waals surface area contributed by atoms with Crippen molar-refractivity contribution < 1.29 is 19.2 Å². The van der Waals surface area contributed by atoms with E-state index in [0.29, 0.717) is 28.7 Å². The maximum atomic E-state index is 13.3. The largest absolute Gasteiger partial charge is 0.311 e. The number of allylic oxidation sites excluding steroid dienone is 1. The molecule has 0 aromatic heterocycles. The van der Waals surface area contributed by atoms with Gasteiger partial charge in [0.2, 0.25) is 0 Å². The Balaban J connectivity index is 0.863. The van der Waals surface area contributed by atoms with E-state index in [0.717, 1.165) is 56.4 Å². The molecule has 0 radical (unpaired) electrons. The van der Waals surface area contributed by atoms with E-state index in [1.165, 1.54) is 22.3 Å². The molecule has 0 aliphatic heterocycles. The third kappa shape index (κ3) is 7.49. The van der Waals surface area contributed by atoms with Crippen LogP contribution >= 0.6 is 0 Å².